The van der Waals surface area contributed by atoms with Crippen LogP contribution >= 0.6 is 11.6 Å². The summed E-state index contributed by atoms with van der Waals surface area (Å²) in [5.41, 5.74) is 7.03. The molecule has 0 fully saturated rings. The first-order valence-electron chi connectivity index (χ1n) is 11.9. The van der Waals surface area contributed by atoms with Crippen molar-refractivity contribution in [2.75, 3.05) is 24.3 Å². The van der Waals surface area contributed by atoms with Crippen molar-refractivity contribution in [3.63, 3.8) is 0 Å². The minimum absolute atomic E-state index is 0.193. The first-order chi connectivity index (χ1) is 17.6. The molecule has 37 heavy (non-hydrogen) atoms. The number of nitrogens with two attached hydrogens (primary N) is 1. The lowest BCUT2D eigenvalue weighted by molar-refractivity contribution is -0.120. The molecule has 4 rings (SSSR count). The van der Waals surface area contributed by atoms with Crippen LogP contribution in [0.4, 0.5) is 11.4 Å². The Morgan fingerprint density at radius 1 is 1.16 bits per heavy atom. The fourth-order valence-corrected chi connectivity index (χ4v) is 3.97. The molecule has 10 heteroatoms. The highest BCUT2D eigenvalue weighted by molar-refractivity contribution is 6.45. The van der Waals surface area contributed by atoms with E-state index in [0.717, 1.165) is 10.6 Å². The molecule has 0 aromatic heterocycles. The number of rotatable bonds is 7. The van der Waals surface area contributed by atoms with Gasteiger partial charge in [0.2, 0.25) is 5.91 Å². The average Bonchev–Trinajstić information content (AvgIpc) is 2.87. The second-order valence-corrected chi connectivity index (χ2v) is 9.81. The molecule has 5 N–H and O–H groups in total. The molecular formula is C27H31ClN6O3. The molecule has 1 aliphatic carbocycles. The van der Waals surface area contributed by atoms with Gasteiger partial charge in [0.15, 0.2) is 11.7 Å². The summed E-state index contributed by atoms with van der Waals surface area (Å²) in [4.78, 5) is 21.8. The number of benzene rings is 2. The molecule has 0 saturated heterocycles. The summed E-state index contributed by atoms with van der Waals surface area (Å²) in [5.74, 6) is 1.04. The van der Waals surface area contributed by atoms with Gasteiger partial charge in [0.1, 0.15) is 5.75 Å². The van der Waals surface area contributed by atoms with Gasteiger partial charge in [0.05, 0.1) is 42.0 Å². The van der Waals surface area contributed by atoms with Crippen molar-refractivity contribution in [1.82, 2.24) is 5.06 Å². The lowest BCUT2D eigenvalue weighted by atomic mass is 10.0. The number of halogens is 1. The van der Waals surface area contributed by atoms with E-state index in [1.165, 1.54) is 0 Å². The number of fused-ring (bicyclic) bond motifs is 1. The van der Waals surface area contributed by atoms with Gasteiger partial charge in [-0.2, -0.15) is 0 Å². The fourth-order valence-electron chi connectivity index (χ4n) is 3.80. The number of aliphatic imine (C=N–C) groups is 2. The Kier molecular flexibility index (Phi) is 7.97. The van der Waals surface area contributed by atoms with Gasteiger partial charge in [-0.15, -0.1) is 0 Å². The van der Waals surface area contributed by atoms with Crippen LogP contribution in [0.1, 0.15) is 19.4 Å². The van der Waals surface area contributed by atoms with E-state index in [1.54, 1.807) is 45.2 Å². The monoisotopic (exact) mass is 522 g/mol. The van der Waals surface area contributed by atoms with Crippen LogP contribution in [0.3, 0.4) is 0 Å². The van der Waals surface area contributed by atoms with Gasteiger partial charge in [-0.05, 0) is 50.1 Å². The van der Waals surface area contributed by atoms with Gasteiger partial charge in [-0.25, -0.2) is 5.06 Å². The summed E-state index contributed by atoms with van der Waals surface area (Å²) < 4.78 is 5.32. The number of hydrogen-bond acceptors (Lipinski definition) is 8. The number of carbonyl (C=O) groups excluding carboxylic acids is 1. The van der Waals surface area contributed by atoms with Crippen molar-refractivity contribution in [3.05, 3.63) is 77.4 Å². The molecular weight excluding hydrogens is 492 g/mol. The molecule has 2 aromatic carbocycles. The second kappa shape index (κ2) is 11.2. The van der Waals surface area contributed by atoms with Crippen molar-refractivity contribution in [3.8, 4) is 5.75 Å². The van der Waals surface area contributed by atoms with Crippen LogP contribution in [0.25, 0.3) is 0 Å². The van der Waals surface area contributed by atoms with Gasteiger partial charge in [0, 0.05) is 11.8 Å². The van der Waals surface area contributed by atoms with Gasteiger partial charge in [-0.1, -0.05) is 48.0 Å². The number of nitrogens with zero attached hydrogens (tertiary/aromatic N) is 3. The number of amides is 1. The number of hydroxylamine groups is 2. The number of allylic oxidation sites excluding steroid dienone is 2. The zero-order valence-electron chi connectivity index (χ0n) is 21.0. The Bertz CT molecular complexity index is 1280. The summed E-state index contributed by atoms with van der Waals surface area (Å²) in [7, 11) is 1.58. The Morgan fingerprint density at radius 3 is 2.59 bits per heavy atom. The van der Waals surface area contributed by atoms with Crippen LogP contribution in [0.5, 0.6) is 5.75 Å². The van der Waals surface area contributed by atoms with Crippen LogP contribution < -0.4 is 21.1 Å². The predicted octanol–water partition coefficient (Wildman–Crippen LogP) is 4.04. The van der Waals surface area contributed by atoms with E-state index >= 15 is 0 Å². The highest BCUT2D eigenvalue weighted by Crippen LogP contribution is 2.28. The van der Waals surface area contributed by atoms with E-state index < -0.39 is 5.54 Å². The van der Waals surface area contributed by atoms with Crippen molar-refractivity contribution >= 4 is 40.6 Å². The maximum atomic E-state index is 12.2. The third kappa shape index (κ3) is 6.56. The smallest absolute Gasteiger partial charge is 0.243 e. The molecule has 0 radical (unpaired) electrons. The summed E-state index contributed by atoms with van der Waals surface area (Å²) >= 11 is 6.41. The quantitative estimate of drug-likeness (QED) is 0.407. The maximum absolute atomic E-state index is 12.2. The first-order valence-corrected chi connectivity index (χ1v) is 12.3. The Hall–Kier alpha value is -3.66. The number of hydrogen-bond donors (Lipinski definition) is 4. The molecule has 0 saturated carbocycles. The van der Waals surface area contributed by atoms with E-state index in [9.17, 15) is 10.0 Å². The molecule has 1 heterocycles. The lowest BCUT2D eigenvalue weighted by Gasteiger charge is -2.29. The van der Waals surface area contributed by atoms with Crippen LogP contribution in [0, 0.1) is 0 Å². The molecule has 0 bridgehead atoms. The van der Waals surface area contributed by atoms with Gasteiger partial charge in [-0.3, -0.25) is 20.0 Å². The second-order valence-electron chi connectivity index (χ2n) is 9.40. The van der Waals surface area contributed by atoms with E-state index in [-0.39, 0.29) is 24.5 Å². The minimum Gasteiger partial charge on any atom is -0.497 e. The standard InChI is InChI=1S/C27H31ClN6O3/c1-27(2,29)26(35)30-18-8-6-7-17(15-18)13-14-34(36)25-24(31-21-9-4-5-10-22(21)33-25)32-23-16-19(37-3)11-12-20(23)28/h4-12,15-16,21-22,36H,13-14,29H2,1-3H3,(H,30,35)(H,31,32). The van der Waals surface area contributed by atoms with E-state index in [4.69, 9.17) is 32.1 Å². The average molecular weight is 523 g/mol. The number of carbonyl (C=O) groups is 1. The summed E-state index contributed by atoms with van der Waals surface area (Å²) in [6, 6.07) is 12.3. The largest absolute Gasteiger partial charge is 0.497 e. The molecule has 1 amide bonds. The topological polar surface area (TPSA) is 125 Å². The van der Waals surface area contributed by atoms with Crippen LogP contribution in [-0.4, -0.2) is 59.1 Å². The zero-order chi connectivity index (χ0) is 26.6. The molecule has 2 unspecified atom stereocenters. The van der Waals surface area contributed by atoms with Crippen LogP contribution in [-0.2, 0) is 11.2 Å². The fraction of sp³-hybridized carbons (Fsp3) is 0.296. The molecule has 9 nitrogen and oxygen atoms in total. The highest BCUT2D eigenvalue weighted by atomic mass is 35.5. The molecule has 2 aliphatic rings. The molecule has 2 atom stereocenters. The third-order valence-electron chi connectivity index (χ3n) is 5.89. The first kappa shape index (κ1) is 26.4. The number of methoxy groups -OCH3 is 1. The number of nitrogens with one attached hydrogen (secondary N) is 2. The van der Waals surface area contributed by atoms with Crippen molar-refractivity contribution < 1.29 is 14.7 Å². The SMILES string of the molecule is COc1ccc(Cl)c(NC2=NC3C=CC=CC3N=C2N(O)CCc2cccc(NC(=O)C(C)(C)N)c2)c1. The van der Waals surface area contributed by atoms with Crippen LogP contribution in [0.2, 0.25) is 5.02 Å². The zero-order valence-corrected chi connectivity index (χ0v) is 21.7. The molecule has 0 spiro atoms. The van der Waals surface area contributed by atoms with E-state index in [0.29, 0.717) is 40.2 Å². The molecule has 1 aliphatic heterocycles. The third-order valence-corrected chi connectivity index (χ3v) is 6.22. The Morgan fingerprint density at radius 2 is 1.89 bits per heavy atom. The highest BCUT2D eigenvalue weighted by Gasteiger charge is 2.29. The number of ether oxygens (including phenoxy) is 1. The van der Waals surface area contributed by atoms with Crippen molar-refractivity contribution in [2.45, 2.75) is 37.9 Å². The van der Waals surface area contributed by atoms with Crippen molar-refractivity contribution in [2.24, 2.45) is 15.7 Å². The maximum Gasteiger partial charge on any atom is 0.243 e. The lowest BCUT2D eigenvalue weighted by Crippen LogP contribution is -2.45. The van der Waals surface area contributed by atoms with E-state index in [2.05, 4.69) is 10.6 Å². The summed E-state index contributed by atoms with van der Waals surface area (Å²) in [6.45, 7) is 3.53. The minimum atomic E-state index is -0.994. The Labute approximate surface area is 221 Å². The van der Waals surface area contributed by atoms with Crippen LogP contribution in [0.15, 0.2) is 76.8 Å². The van der Waals surface area contributed by atoms with Crippen molar-refractivity contribution in [1.29, 1.82) is 0 Å². The molecule has 2 aromatic rings. The summed E-state index contributed by atoms with van der Waals surface area (Å²) in [6.07, 6.45) is 8.24. The van der Waals surface area contributed by atoms with Gasteiger partial charge in [0.25, 0.3) is 0 Å². The van der Waals surface area contributed by atoms with Gasteiger partial charge < -0.3 is 21.1 Å². The predicted molar refractivity (Wildman–Crippen MR) is 148 cm³/mol. The molecule has 194 valence electrons. The van der Waals surface area contributed by atoms with E-state index in [1.807, 2.05) is 42.5 Å². The normalized spacial score (nSPS) is 18.4. The number of anilines is 2. The summed E-state index contributed by atoms with van der Waals surface area (Å²) in [5, 5.41) is 18.7. The number of amidine groups is 2. The van der Waals surface area contributed by atoms with Gasteiger partial charge >= 0.3 is 0 Å². The Balaban J connectivity index is 1.51.